The van der Waals surface area contributed by atoms with Crippen molar-refractivity contribution in [2.75, 3.05) is 40.3 Å². The number of nitrogens with one attached hydrogen (secondary N) is 1. The van der Waals surface area contributed by atoms with Crippen LogP contribution in [-0.2, 0) is 13.0 Å². The van der Waals surface area contributed by atoms with Gasteiger partial charge in [0.25, 0.3) is 0 Å². The van der Waals surface area contributed by atoms with Crippen LogP contribution >= 0.6 is 0 Å². The summed E-state index contributed by atoms with van der Waals surface area (Å²) in [7, 11) is 3.88. The van der Waals surface area contributed by atoms with Crippen molar-refractivity contribution in [3.8, 4) is 5.75 Å². The first-order valence-corrected chi connectivity index (χ1v) is 9.54. The molecule has 1 aliphatic rings. The van der Waals surface area contributed by atoms with Gasteiger partial charge < -0.3 is 9.64 Å². The Morgan fingerprint density at radius 2 is 2.12 bits per heavy atom. The molecule has 1 saturated heterocycles. The number of hydrogen-bond donors (Lipinski definition) is 1. The van der Waals surface area contributed by atoms with Crippen molar-refractivity contribution in [1.82, 2.24) is 25.0 Å². The van der Waals surface area contributed by atoms with Gasteiger partial charge >= 0.3 is 0 Å². The number of likely N-dealkylation sites (tertiary alicyclic amines) is 1. The SMILES string of the molecule is COc1ccc(CCN2CCC[C@@H](CN(C)Cc3n[nH]c(C)n3)C2)cc1. The molecular formula is C20H31N5O. The first-order valence-electron chi connectivity index (χ1n) is 9.54. The van der Waals surface area contributed by atoms with E-state index in [0.717, 1.165) is 49.4 Å². The van der Waals surface area contributed by atoms with E-state index in [0.29, 0.717) is 0 Å². The van der Waals surface area contributed by atoms with Crippen LogP contribution in [-0.4, -0.2) is 65.3 Å². The lowest BCUT2D eigenvalue weighted by molar-refractivity contribution is 0.141. The van der Waals surface area contributed by atoms with E-state index in [1.165, 1.54) is 31.5 Å². The average Bonchev–Trinajstić information content (AvgIpc) is 3.05. The van der Waals surface area contributed by atoms with Gasteiger partial charge in [-0.1, -0.05) is 12.1 Å². The molecule has 0 spiro atoms. The lowest BCUT2D eigenvalue weighted by atomic mass is 9.97. The number of aryl methyl sites for hydroxylation is 1. The average molecular weight is 358 g/mol. The Balaban J connectivity index is 1.42. The molecule has 0 bridgehead atoms. The second-order valence-corrected chi connectivity index (χ2v) is 7.44. The van der Waals surface area contributed by atoms with Gasteiger partial charge in [-0.3, -0.25) is 10.00 Å². The predicted molar refractivity (Wildman–Crippen MR) is 103 cm³/mol. The third-order valence-electron chi connectivity index (χ3n) is 5.10. The van der Waals surface area contributed by atoms with E-state index in [1.807, 2.05) is 19.1 Å². The molecule has 1 aromatic heterocycles. The molecule has 1 aliphatic heterocycles. The predicted octanol–water partition coefficient (Wildman–Crippen LogP) is 2.51. The number of H-pyrrole nitrogens is 1. The second kappa shape index (κ2) is 9.14. The molecule has 0 aliphatic carbocycles. The van der Waals surface area contributed by atoms with E-state index in [1.54, 1.807) is 7.11 Å². The van der Waals surface area contributed by atoms with Crippen LogP contribution < -0.4 is 4.74 Å². The first kappa shape index (κ1) is 18.9. The number of nitrogens with zero attached hydrogens (tertiary/aromatic N) is 4. The van der Waals surface area contributed by atoms with Crippen LogP contribution in [0.3, 0.4) is 0 Å². The van der Waals surface area contributed by atoms with Gasteiger partial charge in [0.05, 0.1) is 13.7 Å². The van der Waals surface area contributed by atoms with Crippen LogP contribution in [0.5, 0.6) is 5.75 Å². The zero-order valence-corrected chi connectivity index (χ0v) is 16.2. The highest BCUT2D eigenvalue weighted by atomic mass is 16.5. The maximum Gasteiger partial charge on any atom is 0.164 e. The fourth-order valence-electron chi connectivity index (χ4n) is 3.79. The van der Waals surface area contributed by atoms with Gasteiger partial charge in [0, 0.05) is 19.6 Å². The van der Waals surface area contributed by atoms with Crippen molar-refractivity contribution in [1.29, 1.82) is 0 Å². The fraction of sp³-hybridized carbons (Fsp3) is 0.600. The Labute approximate surface area is 156 Å². The number of hydrogen-bond acceptors (Lipinski definition) is 5. The molecule has 6 heteroatoms. The van der Waals surface area contributed by atoms with Gasteiger partial charge in [0.1, 0.15) is 11.6 Å². The summed E-state index contributed by atoms with van der Waals surface area (Å²) in [5.74, 6) is 3.43. The van der Waals surface area contributed by atoms with Crippen LogP contribution in [0.1, 0.15) is 30.1 Å². The first-order chi connectivity index (χ1) is 12.6. The number of aromatic nitrogens is 3. The largest absolute Gasteiger partial charge is 0.497 e. The summed E-state index contributed by atoms with van der Waals surface area (Å²) in [6.45, 7) is 7.40. The number of rotatable bonds is 8. The summed E-state index contributed by atoms with van der Waals surface area (Å²) >= 11 is 0. The summed E-state index contributed by atoms with van der Waals surface area (Å²) in [5, 5.41) is 7.16. The third kappa shape index (κ3) is 5.54. The highest BCUT2D eigenvalue weighted by molar-refractivity contribution is 5.27. The van der Waals surface area contributed by atoms with Crippen molar-refractivity contribution in [2.24, 2.45) is 5.92 Å². The van der Waals surface area contributed by atoms with Gasteiger partial charge in [-0.2, -0.15) is 5.10 Å². The van der Waals surface area contributed by atoms with E-state index >= 15 is 0 Å². The number of methoxy groups -OCH3 is 1. The van der Waals surface area contributed by atoms with E-state index in [2.05, 4.69) is 44.2 Å². The number of benzene rings is 1. The molecule has 1 aromatic carbocycles. The maximum absolute atomic E-state index is 5.23. The molecule has 2 aromatic rings. The smallest absolute Gasteiger partial charge is 0.164 e. The lowest BCUT2D eigenvalue weighted by Gasteiger charge is -2.34. The highest BCUT2D eigenvalue weighted by Gasteiger charge is 2.21. The van der Waals surface area contributed by atoms with Crippen molar-refractivity contribution in [3.05, 3.63) is 41.5 Å². The minimum Gasteiger partial charge on any atom is -0.497 e. The molecule has 6 nitrogen and oxygen atoms in total. The van der Waals surface area contributed by atoms with Crippen LogP contribution in [0.2, 0.25) is 0 Å². The zero-order chi connectivity index (χ0) is 18.4. The molecule has 2 heterocycles. The molecule has 0 saturated carbocycles. The van der Waals surface area contributed by atoms with Gasteiger partial charge in [-0.05, 0) is 63.4 Å². The van der Waals surface area contributed by atoms with Gasteiger partial charge in [0.2, 0.25) is 0 Å². The van der Waals surface area contributed by atoms with Crippen molar-refractivity contribution >= 4 is 0 Å². The number of piperidine rings is 1. The zero-order valence-electron chi connectivity index (χ0n) is 16.2. The van der Waals surface area contributed by atoms with Gasteiger partial charge in [-0.25, -0.2) is 4.98 Å². The Bertz CT molecular complexity index is 669. The van der Waals surface area contributed by atoms with Crippen LogP contribution in [0, 0.1) is 12.8 Å². The molecular weight excluding hydrogens is 326 g/mol. The molecule has 0 radical (unpaired) electrons. The molecule has 0 unspecified atom stereocenters. The highest BCUT2D eigenvalue weighted by Crippen LogP contribution is 2.19. The number of aromatic amines is 1. The fourth-order valence-corrected chi connectivity index (χ4v) is 3.79. The van der Waals surface area contributed by atoms with E-state index in [-0.39, 0.29) is 0 Å². The standard InChI is InChI=1S/C20H31N5O/c1-16-21-20(23-22-16)15-24(2)13-18-5-4-11-25(14-18)12-10-17-6-8-19(26-3)9-7-17/h6-9,18H,4-5,10-15H2,1-3H3,(H,21,22,23)/t18-/m0/s1. The van der Waals surface area contributed by atoms with E-state index in [9.17, 15) is 0 Å². The monoisotopic (exact) mass is 357 g/mol. The minimum absolute atomic E-state index is 0.727. The normalized spacial score (nSPS) is 18.4. The summed E-state index contributed by atoms with van der Waals surface area (Å²) in [6, 6.07) is 8.45. The van der Waals surface area contributed by atoms with Crippen molar-refractivity contribution in [3.63, 3.8) is 0 Å². The minimum atomic E-state index is 0.727. The molecule has 1 N–H and O–H groups in total. The Morgan fingerprint density at radius 3 is 2.81 bits per heavy atom. The molecule has 1 fully saturated rings. The Kier molecular flexibility index (Phi) is 6.63. The van der Waals surface area contributed by atoms with Crippen molar-refractivity contribution in [2.45, 2.75) is 32.7 Å². The molecule has 142 valence electrons. The summed E-state index contributed by atoms with van der Waals surface area (Å²) in [4.78, 5) is 9.37. The Morgan fingerprint density at radius 1 is 1.31 bits per heavy atom. The van der Waals surface area contributed by atoms with E-state index in [4.69, 9.17) is 4.74 Å². The van der Waals surface area contributed by atoms with Gasteiger partial charge in [-0.15, -0.1) is 0 Å². The maximum atomic E-state index is 5.23. The summed E-state index contributed by atoms with van der Waals surface area (Å²) in [5.41, 5.74) is 1.38. The van der Waals surface area contributed by atoms with Crippen molar-refractivity contribution < 1.29 is 4.74 Å². The third-order valence-corrected chi connectivity index (χ3v) is 5.10. The van der Waals surface area contributed by atoms with Crippen LogP contribution in [0.25, 0.3) is 0 Å². The summed E-state index contributed by atoms with van der Waals surface area (Å²) in [6.07, 6.45) is 3.71. The second-order valence-electron chi connectivity index (χ2n) is 7.44. The van der Waals surface area contributed by atoms with Crippen LogP contribution in [0.15, 0.2) is 24.3 Å². The lowest BCUT2D eigenvalue weighted by Crippen LogP contribution is -2.40. The molecule has 0 amide bonds. The summed E-state index contributed by atoms with van der Waals surface area (Å²) < 4.78 is 5.23. The van der Waals surface area contributed by atoms with Gasteiger partial charge in [0.15, 0.2) is 5.82 Å². The van der Waals surface area contributed by atoms with E-state index < -0.39 is 0 Å². The number of ether oxygens (including phenoxy) is 1. The molecule has 26 heavy (non-hydrogen) atoms. The van der Waals surface area contributed by atoms with Crippen LogP contribution in [0.4, 0.5) is 0 Å². The Hall–Kier alpha value is -1.92. The molecule has 3 rings (SSSR count). The topological polar surface area (TPSA) is 57.3 Å². The molecule has 1 atom stereocenters. The quantitative estimate of drug-likeness (QED) is 0.787.